The molecule has 0 aromatic carbocycles. The summed E-state index contributed by atoms with van der Waals surface area (Å²) in [6, 6.07) is 2.62. The van der Waals surface area contributed by atoms with Gasteiger partial charge in [0, 0.05) is 28.8 Å². The summed E-state index contributed by atoms with van der Waals surface area (Å²) in [6.07, 6.45) is 2.59. The molecule has 3 N–H and O–H groups in total. The average molecular weight is 471 g/mol. The van der Waals surface area contributed by atoms with E-state index in [1.54, 1.807) is 17.6 Å². The number of carboxylic acid groups (broad SMARTS) is 1. The predicted molar refractivity (Wildman–Crippen MR) is 122 cm³/mol. The van der Waals surface area contributed by atoms with Crippen LogP contribution in [0.3, 0.4) is 0 Å². The normalized spacial score (nSPS) is 19.2. The van der Waals surface area contributed by atoms with Crippen molar-refractivity contribution < 1.29 is 23.8 Å². The maximum absolute atomic E-state index is 14.4. The molecule has 10 nitrogen and oxygen atoms in total. The van der Waals surface area contributed by atoms with Gasteiger partial charge in [-0.1, -0.05) is 0 Å². The molecule has 3 aromatic heterocycles. The molecule has 1 fully saturated rings. The molecule has 3 heterocycles. The second-order valence-electron chi connectivity index (χ2n) is 8.40. The average Bonchev–Trinajstić information content (AvgIpc) is 2.79. The highest BCUT2D eigenvalue weighted by molar-refractivity contribution is 5.84. The molecule has 1 aliphatic rings. The lowest BCUT2D eigenvalue weighted by molar-refractivity contribution is -0.154. The number of hydrogen-bond acceptors (Lipinski definition) is 8. The van der Waals surface area contributed by atoms with E-state index in [0.717, 1.165) is 0 Å². The van der Waals surface area contributed by atoms with E-state index in [9.17, 15) is 14.0 Å². The molecule has 0 bridgehead atoms. The fraction of sp³-hybridized carbons (Fsp3) is 0.435. The number of halogens is 1. The number of carboxylic acids is 1. The van der Waals surface area contributed by atoms with E-state index in [4.69, 9.17) is 20.3 Å². The van der Waals surface area contributed by atoms with Gasteiger partial charge >= 0.3 is 5.97 Å². The number of nitrogen functional groups attached to an aromatic ring is 1. The van der Waals surface area contributed by atoms with Gasteiger partial charge in [0.2, 0.25) is 11.8 Å². The molecule has 0 saturated heterocycles. The number of fused-ring (bicyclic) bond motifs is 1. The van der Waals surface area contributed by atoms with Crippen LogP contribution in [0.25, 0.3) is 22.2 Å². The minimum Gasteiger partial charge on any atom is -0.479 e. The lowest BCUT2D eigenvalue weighted by atomic mass is 9.92. The molecule has 1 saturated carbocycles. The predicted octanol–water partition coefficient (Wildman–Crippen LogP) is 2.87. The smallest absolute Gasteiger partial charge is 0.332 e. The van der Waals surface area contributed by atoms with Gasteiger partial charge in [-0.25, -0.2) is 19.2 Å². The van der Waals surface area contributed by atoms with Crippen LogP contribution in [0, 0.1) is 12.7 Å². The van der Waals surface area contributed by atoms with Gasteiger partial charge in [-0.15, -0.1) is 0 Å². The Labute approximate surface area is 194 Å². The largest absolute Gasteiger partial charge is 0.479 e. The van der Waals surface area contributed by atoms with Crippen molar-refractivity contribution in [1.29, 1.82) is 0 Å². The Morgan fingerprint density at radius 2 is 1.97 bits per heavy atom. The van der Waals surface area contributed by atoms with Gasteiger partial charge in [-0.05, 0) is 51.7 Å². The maximum atomic E-state index is 14.4. The fourth-order valence-electron chi connectivity index (χ4n) is 4.43. The van der Waals surface area contributed by atoms with Crippen molar-refractivity contribution in [3.63, 3.8) is 0 Å². The van der Waals surface area contributed by atoms with Gasteiger partial charge in [0.05, 0.1) is 18.9 Å². The monoisotopic (exact) mass is 471 g/mol. The van der Waals surface area contributed by atoms with Gasteiger partial charge in [0.25, 0.3) is 5.56 Å². The van der Waals surface area contributed by atoms with E-state index in [1.807, 2.05) is 0 Å². The number of carbonyl (C=O) groups is 1. The van der Waals surface area contributed by atoms with Crippen LogP contribution in [0.1, 0.15) is 44.3 Å². The molecule has 0 spiro atoms. The van der Waals surface area contributed by atoms with E-state index >= 15 is 0 Å². The van der Waals surface area contributed by atoms with E-state index in [1.165, 1.54) is 26.3 Å². The van der Waals surface area contributed by atoms with Crippen LogP contribution < -0.4 is 16.0 Å². The summed E-state index contributed by atoms with van der Waals surface area (Å²) in [7, 11) is 1.32. The molecule has 1 atom stereocenters. The number of ether oxygens (including phenoxy) is 2. The Kier molecular flexibility index (Phi) is 6.47. The minimum atomic E-state index is -1.01. The zero-order valence-electron chi connectivity index (χ0n) is 19.1. The lowest BCUT2D eigenvalue weighted by Crippen LogP contribution is -2.34. The number of anilines is 1. The van der Waals surface area contributed by atoms with Crippen LogP contribution in [-0.4, -0.2) is 49.9 Å². The van der Waals surface area contributed by atoms with Crippen molar-refractivity contribution in [2.24, 2.45) is 0 Å². The van der Waals surface area contributed by atoms with Crippen molar-refractivity contribution in [1.82, 2.24) is 19.5 Å². The Morgan fingerprint density at radius 1 is 1.26 bits per heavy atom. The summed E-state index contributed by atoms with van der Waals surface area (Å²) < 4.78 is 26.5. The number of nitrogens with two attached hydrogens (primary N) is 1. The molecule has 0 aliphatic heterocycles. The molecular formula is C23H26FN5O5. The van der Waals surface area contributed by atoms with Crippen LogP contribution in [-0.2, 0) is 9.53 Å². The van der Waals surface area contributed by atoms with E-state index in [0.29, 0.717) is 48.0 Å². The van der Waals surface area contributed by atoms with Crippen molar-refractivity contribution in [3.05, 3.63) is 40.2 Å². The molecule has 11 heteroatoms. The molecule has 180 valence electrons. The number of aliphatic carboxylic acids is 1. The lowest BCUT2D eigenvalue weighted by Gasteiger charge is -2.31. The summed E-state index contributed by atoms with van der Waals surface area (Å²) >= 11 is 0. The van der Waals surface area contributed by atoms with Gasteiger partial charge < -0.3 is 20.3 Å². The van der Waals surface area contributed by atoms with E-state index in [2.05, 4.69) is 15.0 Å². The Balaban J connectivity index is 1.78. The maximum Gasteiger partial charge on any atom is 0.332 e. The third kappa shape index (κ3) is 4.43. The van der Waals surface area contributed by atoms with Gasteiger partial charge in [0.15, 0.2) is 11.9 Å². The van der Waals surface area contributed by atoms with Crippen LogP contribution in [0.4, 0.5) is 10.3 Å². The second kappa shape index (κ2) is 9.34. The topological polar surface area (TPSA) is 142 Å². The minimum absolute atomic E-state index is 0.0513. The Morgan fingerprint density at radius 3 is 2.59 bits per heavy atom. The van der Waals surface area contributed by atoms with Crippen molar-refractivity contribution >= 4 is 23.0 Å². The van der Waals surface area contributed by atoms with Gasteiger partial charge in [0.1, 0.15) is 5.65 Å². The molecule has 0 amide bonds. The highest BCUT2D eigenvalue weighted by Crippen LogP contribution is 2.33. The van der Waals surface area contributed by atoms with Crippen LogP contribution in [0.5, 0.6) is 5.88 Å². The molecule has 3 aromatic rings. The third-order valence-corrected chi connectivity index (χ3v) is 6.16. The number of methoxy groups -OCH3 is 1. The summed E-state index contributed by atoms with van der Waals surface area (Å²) in [5.74, 6) is -1.80. The van der Waals surface area contributed by atoms with E-state index < -0.39 is 17.9 Å². The first-order valence-corrected chi connectivity index (χ1v) is 11.0. The Hall–Kier alpha value is -3.60. The molecule has 1 unspecified atom stereocenters. The molecule has 0 radical (unpaired) electrons. The molecule has 1 aliphatic carbocycles. The van der Waals surface area contributed by atoms with Crippen LogP contribution >= 0.6 is 0 Å². The first kappa shape index (κ1) is 23.6. The first-order valence-electron chi connectivity index (χ1n) is 11.0. The highest BCUT2D eigenvalue weighted by Gasteiger charge is 2.29. The molecule has 34 heavy (non-hydrogen) atoms. The fourth-order valence-corrected chi connectivity index (χ4v) is 4.43. The Bertz CT molecular complexity index is 1300. The first-order chi connectivity index (χ1) is 16.2. The summed E-state index contributed by atoms with van der Waals surface area (Å²) in [5, 5.41) is 9.73. The number of aromatic nitrogens is 4. The quantitative estimate of drug-likeness (QED) is 0.555. The zero-order chi connectivity index (χ0) is 24.6. The van der Waals surface area contributed by atoms with Crippen LogP contribution in [0.2, 0.25) is 0 Å². The summed E-state index contributed by atoms with van der Waals surface area (Å²) in [4.78, 5) is 37.3. The second-order valence-corrected chi connectivity index (χ2v) is 8.40. The van der Waals surface area contributed by atoms with Gasteiger partial charge in [-0.2, -0.15) is 4.98 Å². The van der Waals surface area contributed by atoms with Crippen molar-refractivity contribution in [2.45, 2.75) is 57.8 Å². The number of pyridine rings is 2. The zero-order valence-corrected chi connectivity index (χ0v) is 19.1. The summed E-state index contributed by atoms with van der Waals surface area (Å²) in [5.41, 5.74) is 7.11. The van der Waals surface area contributed by atoms with E-state index in [-0.39, 0.29) is 35.1 Å². The standard InChI is InChI=1S/C23H26FN5O5/c1-11-16-9-17(13-8-18(24)20(33-3)26-10-13)21(30)29(19(16)28-23(25)27-11)14-4-6-15(7-5-14)34-12(2)22(31)32/h8-10,12,14-15H,4-7H2,1-3H3,(H,31,32)(H2,25,27,28). The van der Waals surface area contributed by atoms with Gasteiger partial charge in [-0.3, -0.25) is 9.36 Å². The highest BCUT2D eigenvalue weighted by atomic mass is 19.1. The number of nitrogens with zero attached hydrogens (tertiary/aromatic N) is 4. The van der Waals surface area contributed by atoms with Crippen molar-refractivity contribution in [2.75, 3.05) is 12.8 Å². The number of aryl methyl sites for hydroxylation is 1. The van der Waals surface area contributed by atoms with Crippen LogP contribution in [0.15, 0.2) is 23.1 Å². The van der Waals surface area contributed by atoms with Crippen molar-refractivity contribution in [3.8, 4) is 17.0 Å². The SMILES string of the molecule is COc1ncc(-c2cc3c(C)nc(N)nc3n(C3CCC(OC(C)C(=O)O)CC3)c2=O)cc1F. The number of rotatable bonds is 6. The molecule has 4 rings (SSSR count). The number of hydrogen-bond donors (Lipinski definition) is 2. The molecular weight excluding hydrogens is 445 g/mol. The third-order valence-electron chi connectivity index (χ3n) is 6.16. The summed E-state index contributed by atoms with van der Waals surface area (Å²) in [6.45, 7) is 3.27.